The number of hydrogen-bond donors (Lipinski definition) is 1. The minimum atomic E-state index is 0. The molecule has 3 rings (SSSR count). The lowest BCUT2D eigenvalue weighted by Crippen LogP contribution is -2.50. The van der Waals surface area contributed by atoms with Crippen LogP contribution in [-0.2, 0) is 4.79 Å². The van der Waals surface area contributed by atoms with E-state index in [-0.39, 0.29) is 36.1 Å². The van der Waals surface area contributed by atoms with Crippen LogP contribution in [0, 0.1) is 5.41 Å². The average molecular weight is 390 g/mol. The summed E-state index contributed by atoms with van der Waals surface area (Å²) in [4.78, 5) is 23.4. The van der Waals surface area contributed by atoms with Crippen molar-refractivity contribution in [2.75, 3.05) is 57.3 Å². The van der Waals surface area contributed by atoms with Crippen molar-refractivity contribution in [1.82, 2.24) is 14.8 Å². The van der Waals surface area contributed by atoms with Gasteiger partial charge in [0.15, 0.2) is 0 Å². The van der Waals surface area contributed by atoms with E-state index in [1.165, 1.54) is 0 Å². The van der Waals surface area contributed by atoms with Gasteiger partial charge < -0.3 is 15.5 Å². The summed E-state index contributed by atoms with van der Waals surface area (Å²) in [7, 11) is 0. The molecular formula is C17H29Cl2N5O. The molecule has 25 heavy (non-hydrogen) atoms. The van der Waals surface area contributed by atoms with E-state index < -0.39 is 0 Å². The number of nitrogens with two attached hydrogens (primary N) is 1. The Morgan fingerprint density at radius 2 is 1.92 bits per heavy atom. The summed E-state index contributed by atoms with van der Waals surface area (Å²) in [6.07, 6.45) is 2.84. The maximum Gasteiger partial charge on any atom is 0.236 e. The molecule has 0 saturated carbocycles. The first kappa shape index (κ1) is 22.0. The summed E-state index contributed by atoms with van der Waals surface area (Å²) >= 11 is 0. The van der Waals surface area contributed by atoms with Gasteiger partial charge in [-0.1, -0.05) is 13.0 Å². The molecule has 2 fully saturated rings. The SMILES string of the molecule is CC1(CN)CCN(C(=O)CN2CCN(c3ccccn3)CC2)C1.Cl.Cl. The van der Waals surface area contributed by atoms with Crippen molar-refractivity contribution in [2.24, 2.45) is 11.1 Å². The normalized spacial score (nSPS) is 23.8. The number of pyridine rings is 1. The molecule has 1 amide bonds. The first-order valence-electron chi connectivity index (χ1n) is 8.46. The Morgan fingerprint density at radius 3 is 2.48 bits per heavy atom. The smallest absolute Gasteiger partial charge is 0.236 e. The number of carbonyl (C=O) groups is 1. The number of hydrogen-bond acceptors (Lipinski definition) is 5. The quantitative estimate of drug-likeness (QED) is 0.838. The third-order valence-corrected chi connectivity index (χ3v) is 5.11. The van der Waals surface area contributed by atoms with Crippen LogP contribution in [0.2, 0.25) is 0 Å². The van der Waals surface area contributed by atoms with Crippen molar-refractivity contribution < 1.29 is 4.79 Å². The third kappa shape index (κ3) is 5.45. The number of halogens is 2. The molecule has 2 N–H and O–H groups in total. The predicted molar refractivity (Wildman–Crippen MR) is 106 cm³/mol. The largest absolute Gasteiger partial charge is 0.354 e. The number of nitrogens with zero attached hydrogens (tertiary/aromatic N) is 4. The molecule has 0 bridgehead atoms. The summed E-state index contributed by atoms with van der Waals surface area (Å²) in [5.41, 5.74) is 5.93. The zero-order valence-corrected chi connectivity index (χ0v) is 16.4. The Morgan fingerprint density at radius 1 is 1.20 bits per heavy atom. The van der Waals surface area contributed by atoms with Gasteiger partial charge in [-0.25, -0.2) is 4.98 Å². The van der Waals surface area contributed by atoms with Gasteiger partial charge in [0, 0.05) is 45.5 Å². The van der Waals surface area contributed by atoms with E-state index in [0.717, 1.165) is 51.5 Å². The second kappa shape index (κ2) is 9.57. The van der Waals surface area contributed by atoms with Crippen molar-refractivity contribution >= 4 is 36.5 Å². The van der Waals surface area contributed by atoms with Gasteiger partial charge in [0.1, 0.15) is 5.82 Å². The first-order valence-corrected chi connectivity index (χ1v) is 8.46. The standard InChI is InChI=1S/C17H27N5O.2ClH/c1-17(13-18)5-7-22(14-17)16(23)12-20-8-10-21(11-9-20)15-4-2-3-6-19-15;;/h2-4,6H,5,7-14,18H2,1H3;2*1H. The number of carbonyl (C=O) groups excluding carboxylic acids is 1. The van der Waals surface area contributed by atoms with Crippen molar-refractivity contribution in [2.45, 2.75) is 13.3 Å². The Bertz CT molecular complexity index is 539. The van der Waals surface area contributed by atoms with Gasteiger partial charge in [-0.05, 0) is 30.5 Å². The van der Waals surface area contributed by atoms with Crippen LogP contribution in [0.25, 0.3) is 0 Å². The minimum Gasteiger partial charge on any atom is -0.354 e. The van der Waals surface area contributed by atoms with Crippen LogP contribution in [0.3, 0.4) is 0 Å². The fourth-order valence-corrected chi connectivity index (χ4v) is 3.37. The zero-order chi connectivity index (χ0) is 16.3. The number of amides is 1. The first-order chi connectivity index (χ1) is 11.1. The lowest BCUT2D eigenvalue weighted by molar-refractivity contribution is -0.131. The maximum absolute atomic E-state index is 12.5. The van der Waals surface area contributed by atoms with E-state index in [0.29, 0.717) is 13.1 Å². The minimum absolute atomic E-state index is 0. The van der Waals surface area contributed by atoms with E-state index >= 15 is 0 Å². The molecular weight excluding hydrogens is 361 g/mol. The van der Waals surface area contributed by atoms with Gasteiger partial charge in [0.2, 0.25) is 5.91 Å². The third-order valence-electron chi connectivity index (χ3n) is 5.11. The van der Waals surface area contributed by atoms with Gasteiger partial charge in [-0.2, -0.15) is 0 Å². The van der Waals surface area contributed by atoms with E-state index in [2.05, 4.69) is 21.7 Å². The molecule has 0 aliphatic carbocycles. The van der Waals surface area contributed by atoms with Crippen molar-refractivity contribution in [3.8, 4) is 0 Å². The van der Waals surface area contributed by atoms with Gasteiger partial charge in [0.25, 0.3) is 0 Å². The molecule has 6 nitrogen and oxygen atoms in total. The zero-order valence-electron chi connectivity index (χ0n) is 14.8. The van der Waals surface area contributed by atoms with Crippen LogP contribution >= 0.6 is 24.8 Å². The molecule has 8 heteroatoms. The molecule has 1 atom stereocenters. The predicted octanol–water partition coefficient (Wildman–Crippen LogP) is 1.24. The number of aromatic nitrogens is 1. The summed E-state index contributed by atoms with van der Waals surface area (Å²) in [6, 6.07) is 5.99. The molecule has 2 saturated heterocycles. The molecule has 1 aromatic rings. The fourth-order valence-electron chi connectivity index (χ4n) is 3.37. The second-order valence-electron chi connectivity index (χ2n) is 7.03. The Labute approximate surface area is 162 Å². The lowest BCUT2D eigenvalue weighted by Gasteiger charge is -2.35. The lowest BCUT2D eigenvalue weighted by atomic mass is 9.90. The summed E-state index contributed by atoms with van der Waals surface area (Å²) < 4.78 is 0. The highest BCUT2D eigenvalue weighted by Gasteiger charge is 2.35. The topological polar surface area (TPSA) is 65.7 Å². The molecule has 2 aliphatic rings. The van der Waals surface area contributed by atoms with Crippen LogP contribution in [-0.4, -0.2) is 73.0 Å². The van der Waals surface area contributed by atoms with Crippen LogP contribution < -0.4 is 10.6 Å². The molecule has 3 heterocycles. The molecule has 142 valence electrons. The van der Waals surface area contributed by atoms with Crippen molar-refractivity contribution in [1.29, 1.82) is 0 Å². The van der Waals surface area contributed by atoms with Crippen LogP contribution in [0.5, 0.6) is 0 Å². The van der Waals surface area contributed by atoms with Gasteiger partial charge in [0.05, 0.1) is 6.54 Å². The van der Waals surface area contributed by atoms with Crippen LogP contribution in [0.15, 0.2) is 24.4 Å². The van der Waals surface area contributed by atoms with E-state index in [1.807, 2.05) is 29.3 Å². The highest BCUT2D eigenvalue weighted by atomic mass is 35.5. The average Bonchev–Trinajstić information content (AvgIpc) is 3.00. The summed E-state index contributed by atoms with van der Waals surface area (Å²) in [5.74, 6) is 1.27. The van der Waals surface area contributed by atoms with Crippen LogP contribution in [0.4, 0.5) is 5.82 Å². The van der Waals surface area contributed by atoms with E-state index in [9.17, 15) is 4.79 Å². The van der Waals surface area contributed by atoms with E-state index in [1.54, 1.807) is 0 Å². The number of anilines is 1. The second-order valence-corrected chi connectivity index (χ2v) is 7.03. The highest BCUT2D eigenvalue weighted by Crippen LogP contribution is 2.28. The monoisotopic (exact) mass is 389 g/mol. The Hall–Kier alpha value is -1.08. The number of likely N-dealkylation sites (tertiary alicyclic amines) is 1. The molecule has 0 aromatic carbocycles. The maximum atomic E-state index is 12.5. The highest BCUT2D eigenvalue weighted by molar-refractivity contribution is 5.85. The Balaban J connectivity index is 0.00000156. The fraction of sp³-hybridized carbons (Fsp3) is 0.647. The molecule has 0 radical (unpaired) electrons. The van der Waals surface area contributed by atoms with Gasteiger partial charge in [-0.15, -0.1) is 24.8 Å². The summed E-state index contributed by atoms with van der Waals surface area (Å²) in [5, 5.41) is 0. The van der Waals surface area contributed by atoms with Crippen LogP contribution in [0.1, 0.15) is 13.3 Å². The van der Waals surface area contributed by atoms with Gasteiger partial charge >= 0.3 is 0 Å². The Kier molecular flexibility index (Phi) is 8.41. The molecule has 1 aromatic heterocycles. The van der Waals surface area contributed by atoms with Gasteiger partial charge in [-0.3, -0.25) is 9.69 Å². The number of piperazine rings is 1. The van der Waals surface area contributed by atoms with E-state index in [4.69, 9.17) is 5.73 Å². The van der Waals surface area contributed by atoms with Crippen molar-refractivity contribution in [3.63, 3.8) is 0 Å². The van der Waals surface area contributed by atoms with Crippen molar-refractivity contribution in [3.05, 3.63) is 24.4 Å². The molecule has 2 aliphatic heterocycles. The number of rotatable bonds is 4. The molecule has 1 unspecified atom stereocenters. The molecule has 0 spiro atoms. The summed E-state index contributed by atoms with van der Waals surface area (Å²) in [6.45, 7) is 8.66.